The minimum Gasteiger partial charge on any atom is -0.489 e. The van der Waals surface area contributed by atoms with Crippen molar-refractivity contribution in [1.82, 2.24) is 5.32 Å². The monoisotopic (exact) mass is 367 g/mol. The second-order valence-corrected chi connectivity index (χ2v) is 6.42. The van der Waals surface area contributed by atoms with Crippen LogP contribution >= 0.6 is 0 Å². The Kier molecular flexibility index (Phi) is 7.62. The summed E-state index contributed by atoms with van der Waals surface area (Å²) in [5, 5.41) is 2.70. The number of ether oxygens (including phenoxy) is 2. The molecule has 1 N–H and O–H groups in total. The smallest absolute Gasteiger partial charge is 0.331 e. The lowest BCUT2D eigenvalue weighted by Gasteiger charge is -2.14. The van der Waals surface area contributed by atoms with Crippen LogP contribution in [0.3, 0.4) is 0 Å². The highest BCUT2D eigenvalue weighted by molar-refractivity contribution is 5.90. The van der Waals surface area contributed by atoms with E-state index >= 15 is 0 Å². The average molecular weight is 367 g/mol. The van der Waals surface area contributed by atoms with E-state index in [0.717, 1.165) is 16.9 Å². The fourth-order valence-electron chi connectivity index (χ4n) is 2.25. The number of esters is 1. The molecule has 0 saturated heterocycles. The molecule has 2 rings (SSSR count). The third kappa shape index (κ3) is 7.36. The van der Waals surface area contributed by atoms with Crippen LogP contribution < -0.4 is 10.1 Å². The highest BCUT2D eigenvalue weighted by Gasteiger charge is 2.16. The molecule has 1 atom stereocenters. The number of benzene rings is 2. The zero-order valence-corrected chi connectivity index (χ0v) is 15.8. The Morgan fingerprint density at radius 3 is 2.30 bits per heavy atom. The maximum atomic E-state index is 11.8. The van der Waals surface area contributed by atoms with Crippen LogP contribution in [0.2, 0.25) is 0 Å². The lowest BCUT2D eigenvalue weighted by atomic mass is 10.2. The van der Waals surface area contributed by atoms with Crippen molar-refractivity contribution < 1.29 is 19.1 Å². The average Bonchev–Trinajstić information content (AvgIpc) is 2.66. The van der Waals surface area contributed by atoms with E-state index in [2.05, 4.69) is 5.32 Å². The lowest BCUT2D eigenvalue weighted by molar-refractivity contribution is -0.150. The summed E-state index contributed by atoms with van der Waals surface area (Å²) < 4.78 is 10.8. The normalized spacial score (nSPS) is 12.0. The first kappa shape index (κ1) is 20.2. The number of nitrogens with one attached hydrogen (secondary N) is 1. The Balaban J connectivity index is 1.82. The lowest BCUT2D eigenvalue weighted by Crippen LogP contribution is -2.39. The van der Waals surface area contributed by atoms with E-state index in [1.807, 2.05) is 68.4 Å². The maximum Gasteiger partial charge on any atom is 0.331 e. The van der Waals surface area contributed by atoms with E-state index in [1.165, 1.54) is 6.08 Å². The predicted octanol–water partition coefficient (Wildman–Crippen LogP) is 3.74. The number of hydrogen-bond acceptors (Lipinski definition) is 4. The molecule has 5 nitrogen and oxygen atoms in total. The molecule has 0 heterocycles. The SMILES string of the molecule is CC(C)NC(=O)C(C)OC(=O)/C=C/c1ccc(OCc2ccccc2)cc1. The molecule has 2 aromatic carbocycles. The van der Waals surface area contributed by atoms with Crippen molar-refractivity contribution in [2.45, 2.75) is 39.5 Å². The molecule has 0 spiro atoms. The summed E-state index contributed by atoms with van der Waals surface area (Å²) in [6.45, 7) is 5.74. The molecule has 1 amide bonds. The van der Waals surface area contributed by atoms with Gasteiger partial charge in [0.2, 0.25) is 0 Å². The summed E-state index contributed by atoms with van der Waals surface area (Å²) >= 11 is 0. The summed E-state index contributed by atoms with van der Waals surface area (Å²) in [6, 6.07) is 17.3. The standard InChI is InChI=1S/C22H25NO4/c1-16(2)23-22(25)17(3)27-21(24)14-11-18-9-12-20(13-10-18)26-15-19-7-5-4-6-8-19/h4-14,16-17H,15H2,1-3H3,(H,23,25)/b14-11+. The van der Waals surface area contributed by atoms with Gasteiger partial charge in [-0.1, -0.05) is 42.5 Å². The van der Waals surface area contributed by atoms with Crippen molar-refractivity contribution in [3.63, 3.8) is 0 Å². The van der Waals surface area contributed by atoms with E-state index < -0.39 is 12.1 Å². The summed E-state index contributed by atoms with van der Waals surface area (Å²) in [4.78, 5) is 23.6. The predicted molar refractivity (Wildman–Crippen MR) is 105 cm³/mol. The first-order valence-electron chi connectivity index (χ1n) is 8.90. The largest absolute Gasteiger partial charge is 0.489 e. The van der Waals surface area contributed by atoms with Gasteiger partial charge in [-0.25, -0.2) is 4.79 Å². The van der Waals surface area contributed by atoms with E-state index in [0.29, 0.717) is 6.61 Å². The molecule has 0 bridgehead atoms. The molecule has 1 unspecified atom stereocenters. The fraction of sp³-hybridized carbons (Fsp3) is 0.273. The molecule has 0 aliphatic heterocycles. The molecular formula is C22H25NO4. The van der Waals surface area contributed by atoms with Gasteiger partial charge in [-0.05, 0) is 50.1 Å². The van der Waals surface area contributed by atoms with Crippen molar-refractivity contribution >= 4 is 18.0 Å². The number of amides is 1. The van der Waals surface area contributed by atoms with Crippen molar-refractivity contribution in [1.29, 1.82) is 0 Å². The highest BCUT2D eigenvalue weighted by atomic mass is 16.5. The number of carbonyl (C=O) groups is 2. The van der Waals surface area contributed by atoms with E-state index in [-0.39, 0.29) is 11.9 Å². The van der Waals surface area contributed by atoms with E-state index in [4.69, 9.17) is 9.47 Å². The van der Waals surface area contributed by atoms with Crippen LogP contribution in [0, 0.1) is 0 Å². The fourth-order valence-corrected chi connectivity index (χ4v) is 2.25. The third-order valence-corrected chi connectivity index (χ3v) is 3.63. The molecule has 5 heteroatoms. The van der Waals surface area contributed by atoms with Gasteiger partial charge in [0.25, 0.3) is 5.91 Å². The minimum absolute atomic E-state index is 0.00295. The molecule has 0 aliphatic rings. The molecule has 142 valence electrons. The molecule has 0 aromatic heterocycles. The van der Waals surface area contributed by atoms with Gasteiger partial charge in [0.15, 0.2) is 6.10 Å². The van der Waals surface area contributed by atoms with Gasteiger partial charge in [0.1, 0.15) is 12.4 Å². The summed E-state index contributed by atoms with van der Waals surface area (Å²) in [5.74, 6) is -0.130. The van der Waals surface area contributed by atoms with E-state index in [1.54, 1.807) is 13.0 Å². The van der Waals surface area contributed by atoms with Crippen LogP contribution in [0.1, 0.15) is 31.9 Å². The maximum absolute atomic E-state index is 11.8. The van der Waals surface area contributed by atoms with Gasteiger partial charge < -0.3 is 14.8 Å². The first-order chi connectivity index (χ1) is 12.9. The van der Waals surface area contributed by atoms with Crippen LogP contribution in [0.4, 0.5) is 0 Å². The molecule has 0 fully saturated rings. The van der Waals surface area contributed by atoms with Crippen LogP contribution in [0.15, 0.2) is 60.7 Å². The summed E-state index contributed by atoms with van der Waals surface area (Å²) in [7, 11) is 0. The quantitative estimate of drug-likeness (QED) is 0.570. The van der Waals surface area contributed by atoms with Gasteiger partial charge in [0.05, 0.1) is 0 Å². The topological polar surface area (TPSA) is 64.6 Å². The zero-order chi connectivity index (χ0) is 19.6. The molecular weight excluding hydrogens is 342 g/mol. The van der Waals surface area contributed by atoms with Crippen molar-refractivity contribution in [3.8, 4) is 5.75 Å². The Morgan fingerprint density at radius 2 is 1.67 bits per heavy atom. The van der Waals surface area contributed by atoms with Crippen molar-refractivity contribution in [2.75, 3.05) is 0 Å². The molecule has 27 heavy (non-hydrogen) atoms. The van der Waals surface area contributed by atoms with Gasteiger partial charge in [-0.3, -0.25) is 4.79 Å². The molecule has 0 saturated carbocycles. The summed E-state index contributed by atoms with van der Waals surface area (Å²) in [6.07, 6.45) is 2.10. The van der Waals surface area contributed by atoms with Gasteiger partial charge in [-0.15, -0.1) is 0 Å². The van der Waals surface area contributed by atoms with Gasteiger partial charge >= 0.3 is 5.97 Å². The Morgan fingerprint density at radius 1 is 1.00 bits per heavy atom. The number of carbonyl (C=O) groups excluding carboxylic acids is 2. The van der Waals surface area contributed by atoms with Crippen LogP contribution in [0.25, 0.3) is 6.08 Å². The number of rotatable bonds is 8. The zero-order valence-electron chi connectivity index (χ0n) is 15.8. The first-order valence-corrected chi connectivity index (χ1v) is 8.90. The van der Waals surface area contributed by atoms with Crippen LogP contribution in [-0.2, 0) is 20.9 Å². The molecule has 0 radical (unpaired) electrons. The van der Waals surface area contributed by atoms with Gasteiger partial charge in [-0.2, -0.15) is 0 Å². The Hall–Kier alpha value is -3.08. The second-order valence-electron chi connectivity index (χ2n) is 6.42. The van der Waals surface area contributed by atoms with Crippen molar-refractivity contribution in [3.05, 3.63) is 71.8 Å². The van der Waals surface area contributed by atoms with Crippen LogP contribution in [0.5, 0.6) is 5.75 Å². The van der Waals surface area contributed by atoms with Gasteiger partial charge in [0, 0.05) is 12.1 Å². The minimum atomic E-state index is -0.835. The Labute approximate surface area is 160 Å². The Bertz CT molecular complexity index is 767. The van der Waals surface area contributed by atoms with E-state index in [9.17, 15) is 9.59 Å². The highest BCUT2D eigenvalue weighted by Crippen LogP contribution is 2.15. The number of hydrogen-bond donors (Lipinski definition) is 1. The molecule has 2 aromatic rings. The third-order valence-electron chi connectivity index (χ3n) is 3.63. The second kappa shape index (κ2) is 10.2. The molecule has 0 aliphatic carbocycles. The van der Waals surface area contributed by atoms with Crippen LogP contribution in [-0.4, -0.2) is 24.0 Å². The summed E-state index contributed by atoms with van der Waals surface area (Å²) in [5.41, 5.74) is 1.93. The van der Waals surface area contributed by atoms with Crippen molar-refractivity contribution in [2.24, 2.45) is 0 Å².